The van der Waals surface area contributed by atoms with Gasteiger partial charge in [-0.15, -0.1) is 17.7 Å². The van der Waals surface area contributed by atoms with Crippen LogP contribution in [-0.4, -0.2) is 61.8 Å². The molecule has 2 N–H and O–H groups in total. The maximum absolute atomic E-state index is 12.9. The summed E-state index contributed by atoms with van der Waals surface area (Å²) in [6, 6.07) is 2.22. The first-order chi connectivity index (χ1) is 14.4. The number of likely N-dealkylation sites (tertiary alicyclic amines) is 1. The molecule has 1 aliphatic rings. The molecule has 0 radical (unpaired) electrons. The van der Waals surface area contributed by atoms with Crippen LogP contribution < -0.4 is 5.32 Å². The third kappa shape index (κ3) is 3.87. The molecule has 4 heterocycles. The van der Waals surface area contributed by atoms with Gasteiger partial charge in [-0.2, -0.15) is 5.10 Å². The van der Waals surface area contributed by atoms with Crippen LogP contribution in [0.3, 0.4) is 0 Å². The molecule has 30 heavy (non-hydrogen) atoms. The van der Waals surface area contributed by atoms with Gasteiger partial charge in [0.2, 0.25) is 0 Å². The Morgan fingerprint density at radius 1 is 1.40 bits per heavy atom. The summed E-state index contributed by atoms with van der Waals surface area (Å²) in [5, 5.41) is 15.1. The van der Waals surface area contributed by atoms with E-state index in [2.05, 4.69) is 56.8 Å². The Labute approximate surface area is 181 Å². The second kappa shape index (κ2) is 8.23. The second-order valence-electron chi connectivity index (χ2n) is 7.89. The topological polar surface area (TPSA) is 91.2 Å². The summed E-state index contributed by atoms with van der Waals surface area (Å²) in [6.45, 7) is 9.80. The van der Waals surface area contributed by atoms with Gasteiger partial charge < -0.3 is 10.2 Å². The Kier molecular flexibility index (Phi) is 5.66. The molecule has 0 aliphatic carbocycles. The molecule has 1 aliphatic heterocycles. The highest BCUT2D eigenvalue weighted by atomic mass is 32.1. The monoisotopic (exact) mass is 425 g/mol. The maximum Gasteiger partial charge on any atom is 0.272 e. The van der Waals surface area contributed by atoms with Gasteiger partial charge in [-0.3, -0.25) is 9.89 Å². The first-order valence-corrected chi connectivity index (χ1v) is 10.6. The lowest BCUT2D eigenvalue weighted by Gasteiger charge is -2.29. The lowest BCUT2D eigenvalue weighted by atomic mass is 10.0. The highest BCUT2D eigenvalue weighted by Crippen LogP contribution is 2.27. The van der Waals surface area contributed by atoms with E-state index in [-0.39, 0.29) is 11.9 Å². The number of nitrogens with zero attached hydrogens (tertiary/aromatic N) is 5. The Morgan fingerprint density at radius 3 is 2.80 bits per heavy atom. The predicted octanol–water partition coefficient (Wildman–Crippen LogP) is 2.71. The summed E-state index contributed by atoms with van der Waals surface area (Å²) in [6.07, 6.45) is 4.50. The lowest BCUT2D eigenvalue weighted by Crippen LogP contribution is -2.43. The van der Waals surface area contributed by atoms with Gasteiger partial charge in [0.1, 0.15) is 0 Å². The van der Waals surface area contributed by atoms with E-state index in [9.17, 15) is 4.79 Å². The predicted molar refractivity (Wildman–Crippen MR) is 121 cm³/mol. The molecule has 3 aromatic heterocycles. The number of carbonyl (C=O) groups is 1. The first kappa shape index (κ1) is 20.6. The molecule has 9 heteroatoms. The zero-order valence-corrected chi connectivity index (χ0v) is 18.5. The number of nitrogens with one attached hydrogen (secondary N) is 2. The summed E-state index contributed by atoms with van der Waals surface area (Å²) in [5.74, 6) is 0.383. The number of piperidine rings is 1. The van der Waals surface area contributed by atoms with Gasteiger partial charge in [0, 0.05) is 28.3 Å². The van der Waals surface area contributed by atoms with Crippen molar-refractivity contribution >= 4 is 29.1 Å². The van der Waals surface area contributed by atoms with Crippen molar-refractivity contribution in [3.63, 3.8) is 0 Å². The van der Waals surface area contributed by atoms with Crippen LogP contribution in [0.1, 0.15) is 47.2 Å². The maximum atomic E-state index is 12.9. The number of aryl methyl sites for hydroxylation is 1. The first-order valence-electron chi connectivity index (χ1n) is 10.2. The molecule has 0 aromatic carbocycles. The average Bonchev–Trinajstić information content (AvgIpc) is 3.34. The van der Waals surface area contributed by atoms with Crippen LogP contribution in [0.2, 0.25) is 0 Å². The van der Waals surface area contributed by atoms with Crippen molar-refractivity contribution in [3.8, 4) is 11.3 Å². The van der Waals surface area contributed by atoms with Crippen molar-refractivity contribution in [2.75, 3.05) is 20.1 Å². The summed E-state index contributed by atoms with van der Waals surface area (Å²) in [4.78, 5) is 20.2. The van der Waals surface area contributed by atoms with Crippen molar-refractivity contribution in [2.24, 2.45) is 0 Å². The Balaban J connectivity index is 1.65. The fraction of sp³-hybridized carbons (Fsp3) is 0.429. The van der Waals surface area contributed by atoms with Gasteiger partial charge in [-0.05, 0) is 58.0 Å². The van der Waals surface area contributed by atoms with Gasteiger partial charge in [0.25, 0.3) is 5.91 Å². The van der Waals surface area contributed by atoms with E-state index in [1.54, 1.807) is 4.52 Å². The van der Waals surface area contributed by atoms with Crippen molar-refractivity contribution < 1.29 is 4.79 Å². The van der Waals surface area contributed by atoms with E-state index in [1.165, 1.54) is 0 Å². The minimum absolute atomic E-state index is 0.115. The third-order valence-electron chi connectivity index (χ3n) is 5.65. The van der Waals surface area contributed by atoms with Crippen LogP contribution in [0, 0.1) is 6.92 Å². The van der Waals surface area contributed by atoms with Crippen LogP contribution in [0.25, 0.3) is 21.8 Å². The highest BCUT2D eigenvalue weighted by molar-refractivity contribution is 7.90. The summed E-state index contributed by atoms with van der Waals surface area (Å²) in [7, 11) is 2.11. The quantitative estimate of drug-likeness (QED) is 0.547. The Bertz CT molecular complexity index is 1110. The van der Waals surface area contributed by atoms with Crippen molar-refractivity contribution in [1.29, 1.82) is 0 Å². The number of rotatable bonds is 5. The minimum atomic E-state index is -0.115. The number of carbonyl (C=O) groups excluding carboxylic acids is 1. The third-order valence-corrected chi connectivity index (χ3v) is 5.85. The zero-order chi connectivity index (χ0) is 21.4. The fourth-order valence-corrected chi connectivity index (χ4v) is 4.05. The lowest BCUT2D eigenvalue weighted by molar-refractivity contribution is 0.0911. The number of hydrogen-bond donors (Lipinski definition) is 3. The van der Waals surface area contributed by atoms with Gasteiger partial charge in [-0.25, -0.2) is 9.50 Å². The fourth-order valence-electron chi connectivity index (χ4n) is 3.95. The smallest absolute Gasteiger partial charge is 0.272 e. The van der Waals surface area contributed by atoms with Crippen molar-refractivity contribution in [1.82, 2.24) is 35.0 Å². The van der Waals surface area contributed by atoms with E-state index >= 15 is 0 Å². The number of thiol groups is 1. The molecule has 1 amide bonds. The number of aromatic nitrogens is 5. The zero-order valence-electron chi connectivity index (χ0n) is 17.6. The molecule has 0 saturated carbocycles. The number of pyridine rings is 1. The highest BCUT2D eigenvalue weighted by Gasteiger charge is 2.24. The molecule has 0 unspecified atom stereocenters. The molecule has 8 nitrogen and oxygen atoms in total. The Morgan fingerprint density at radius 2 is 2.13 bits per heavy atom. The van der Waals surface area contributed by atoms with Crippen LogP contribution >= 0.6 is 12.6 Å². The summed E-state index contributed by atoms with van der Waals surface area (Å²) in [5.41, 5.74) is 4.82. The number of H-pyrrole nitrogens is 1. The van der Waals surface area contributed by atoms with E-state index in [4.69, 9.17) is 0 Å². The van der Waals surface area contributed by atoms with Gasteiger partial charge in [0.15, 0.2) is 17.2 Å². The van der Waals surface area contributed by atoms with E-state index in [0.717, 1.165) is 54.0 Å². The normalized spacial score (nSPS) is 15.6. The van der Waals surface area contributed by atoms with Crippen LogP contribution in [-0.2, 0) is 6.42 Å². The minimum Gasteiger partial charge on any atom is -0.348 e. The number of amides is 1. The van der Waals surface area contributed by atoms with E-state index in [1.807, 2.05) is 26.1 Å². The molecule has 1 fully saturated rings. The summed E-state index contributed by atoms with van der Waals surface area (Å²) < 4.78 is 1.72. The van der Waals surface area contributed by atoms with Crippen molar-refractivity contribution in [3.05, 3.63) is 41.5 Å². The van der Waals surface area contributed by atoms with Crippen LogP contribution in [0.4, 0.5) is 0 Å². The molecular formula is C21H27N7OS. The molecule has 1 saturated heterocycles. The Hall–Kier alpha value is -2.65. The molecule has 0 bridgehead atoms. The SMILES string of the molecule is C=C(S)c1nc2c(C)cc(-c3[nH]nc(C(=O)NC4CCN(C)CC4)c3CC)cn2n1. The average molecular weight is 426 g/mol. The van der Waals surface area contributed by atoms with Crippen LogP contribution in [0.5, 0.6) is 0 Å². The summed E-state index contributed by atoms with van der Waals surface area (Å²) >= 11 is 4.25. The van der Waals surface area contributed by atoms with E-state index in [0.29, 0.717) is 22.8 Å². The standard InChI is InChI=1S/C21H27N7OS/c1-5-16-17(14-10-12(2)20-23-19(13(3)30)26-28(20)11-14)24-25-18(16)21(29)22-15-6-8-27(4)9-7-15/h10-11,15,30H,3,5-9H2,1-2,4H3,(H,22,29)(H,24,25). The molecule has 0 atom stereocenters. The van der Waals surface area contributed by atoms with Gasteiger partial charge >= 0.3 is 0 Å². The van der Waals surface area contributed by atoms with E-state index < -0.39 is 0 Å². The number of aromatic amines is 1. The number of hydrogen-bond acceptors (Lipinski definition) is 6. The molecular weight excluding hydrogens is 398 g/mol. The molecule has 4 rings (SSSR count). The largest absolute Gasteiger partial charge is 0.348 e. The second-order valence-corrected chi connectivity index (χ2v) is 8.43. The van der Waals surface area contributed by atoms with Gasteiger partial charge in [-0.1, -0.05) is 13.5 Å². The molecule has 158 valence electrons. The van der Waals surface area contributed by atoms with Gasteiger partial charge in [0.05, 0.1) is 5.69 Å². The van der Waals surface area contributed by atoms with Crippen LogP contribution in [0.15, 0.2) is 18.8 Å². The molecule has 0 spiro atoms. The van der Waals surface area contributed by atoms with Crippen molar-refractivity contribution in [2.45, 2.75) is 39.2 Å². The molecule has 3 aromatic rings. The number of fused-ring (bicyclic) bond motifs is 1.